The molecule has 42 heavy (non-hydrogen) atoms. The van der Waals surface area contributed by atoms with Gasteiger partial charge in [0.1, 0.15) is 22.3 Å². The number of nitrogens with one attached hydrogen (secondary N) is 2. The number of carbonyl (C=O) groups is 2. The summed E-state index contributed by atoms with van der Waals surface area (Å²) in [5.74, 6) is 0.282. The highest BCUT2D eigenvalue weighted by molar-refractivity contribution is 8.00. The lowest BCUT2D eigenvalue weighted by atomic mass is 10.1. The number of carbonyl (C=O) groups excluding carboxylic acids is 2. The van der Waals surface area contributed by atoms with E-state index >= 15 is 0 Å². The van der Waals surface area contributed by atoms with Crippen molar-refractivity contribution < 1.29 is 19.1 Å². The van der Waals surface area contributed by atoms with E-state index in [0.29, 0.717) is 32.9 Å². The molecule has 0 bridgehead atoms. The number of hydrogen-bond acceptors (Lipinski definition) is 7. The van der Waals surface area contributed by atoms with Crippen LogP contribution in [0.3, 0.4) is 0 Å². The summed E-state index contributed by atoms with van der Waals surface area (Å²) in [6.07, 6.45) is 0. The highest BCUT2D eigenvalue weighted by Gasteiger charge is 2.24. The predicted octanol–water partition coefficient (Wildman–Crippen LogP) is 8.21. The quantitative estimate of drug-likeness (QED) is 0.154. The number of methoxy groups -OCH3 is 2. The normalized spacial score (nSPS) is 11.4. The second-order valence-electron chi connectivity index (χ2n) is 8.96. The van der Waals surface area contributed by atoms with Crippen LogP contribution in [-0.4, -0.2) is 31.0 Å². The first-order valence-electron chi connectivity index (χ1n) is 12.8. The number of amides is 2. The third kappa shape index (κ3) is 6.94. The van der Waals surface area contributed by atoms with Crippen molar-refractivity contribution in [1.82, 2.24) is 4.98 Å². The number of aromatic nitrogens is 1. The van der Waals surface area contributed by atoms with Gasteiger partial charge in [-0.05, 0) is 54.1 Å². The van der Waals surface area contributed by atoms with Crippen LogP contribution in [0, 0.1) is 0 Å². The van der Waals surface area contributed by atoms with Gasteiger partial charge in [0.25, 0.3) is 5.91 Å². The van der Waals surface area contributed by atoms with Gasteiger partial charge in [0.15, 0.2) is 5.13 Å². The Morgan fingerprint density at radius 1 is 0.833 bits per heavy atom. The first-order valence-corrected chi connectivity index (χ1v) is 14.9. The summed E-state index contributed by atoms with van der Waals surface area (Å²) >= 11 is 8.78. The van der Waals surface area contributed by atoms with Crippen molar-refractivity contribution in [3.05, 3.63) is 119 Å². The van der Waals surface area contributed by atoms with Gasteiger partial charge in [0.2, 0.25) is 5.91 Å². The van der Waals surface area contributed by atoms with Crippen molar-refractivity contribution in [3.8, 4) is 22.8 Å². The van der Waals surface area contributed by atoms with Gasteiger partial charge in [-0.3, -0.25) is 9.59 Å². The molecule has 0 saturated carbocycles. The minimum absolute atomic E-state index is 0.191. The molecule has 0 aliphatic heterocycles. The van der Waals surface area contributed by atoms with E-state index in [1.165, 1.54) is 37.3 Å². The maximum atomic E-state index is 13.5. The Labute approximate surface area is 256 Å². The molecule has 0 aliphatic carbocycles. The molecule has 1 atom stereocenters. The van der Waals surface area contributed by atoms with Crippen LogP contribution in [-0.2, 0) is 4.79 Å². The molecule has 1 heterocycles. The molecule has 5 rings (SSSR count). The van der Waals surface area contributed by atoms with Crippen molar-refractivity contribution in [2.24, 2.45) is 0 Å². The van der Waals surface area contributed by atoms with Gasteiger partial charge in [-0.15, -0.1) is 23.1 Å². The standard InChI is InChI=1S/C32H26ClN3O4S2/c1-39-26-9-6-10-27(40-2)28(26)30(37)34-23-15-17-24(18-16-23)42-29(21-7-4-3-5-8-21)31(38)36-32-35-25(19-41-32)20-11-13-22(33)14-12-20/h3-19,29H,1-2H3,(H,34,37)(H,35,36,38). The molecular formula is C32H26ClN3O4S2. The first-order chi connectivity index (χ1) is 20.4. The average molecular weight is 616 g/mol. The molecule has 0 fully saturated rings. The molecule has 0 saturated heterocycles. The lowest BCUT2D eigenvalue weighted by Gasteiger charge is -2.17. The summed E-state index contributed by atoms with van der Waals surface area (Å²) in [6.45, 7) is 0. The lowest BCUT2D eigenvalue weighted by molar-refractivity contribution is -0.115. The van der Waals surface area contributed by atoms with Crippen molar-refractivity contribution in [2.45, 2.75) is 10.1 Å². The van der Waals surface area contributed by atoms with E-state index in [0.717, 1.165) is 21.7 Å². The van der Waals surface area contributed by atoms with Crippen molar-refractivity contribution >= 4 is 57.3 Å². The molecule has 212 valence electrons. The van der Waals surface area contributed by atoms with Gasteiger partial charge in [0, 0.05) is 26.5 Å². The maximum absolute atomic E-state index is 13.5. The average Bonchev–Trinajstić information content (AvgIpc) is 3.49. The molecule has 1 aromatic heterocycles. The summed E-state index contributed by atoms with van der Waals surface area (Å²) in [7, 11) is 3.01. The van der Waals surface area contributed by atoms with E-state index in [1.54, 1.807) is 30.3 Å². The van der Waals surface area contributed by atoms with Crippen LogP contribution in [0.2, 0.25) is 5.02 Å². The zero-order chi connectivity index (χ0) is 29.5. The van der Waals surface area contributed by atoms with Gasteiger partial charge < -0.3 is 20.1 Å². The van der Waals surface area contributed by atoms with Gasteiger partial charge >= 0.3 is 0 Å². The number of benzene rings is 4. The minimum Gasteiger partial charge on any atom is -0.496 e. The number of thiazole rings is 1. The fourth-order valence-electron chi connectivity index (χ4n) is 4.18. The van der Waals surface area contributed by atoms with E-state index < -0.39 is 5.25 Å². The minimum atomic E-state index is -0.535. The number of rotatable bonds is 10. The Morgan fingerprint density at radius 3 is 2.14 bits per heavy atom. The summed E-state index contributed by atoms with van der Waals surface area (Å²) in [5, 5.41) is 8.40. The first kappa shape index (κ1) is 29.2. The predicted molar refractivity (Wildman–Crippen MR) is 170 cm³/mol. The van der Waals surface area contributed by atoms with Crippen molar-refractivity contribution in [2.75, 3.05) is 24.9 Å². The Kier molecular flexibility index (Phi) is 9.43. The van der Waals surface area contributed by atoms with Gasteiger partial charge in [0.05, 0.1) is 19.9 Å². The van der Waals surface area contributed by atoms with Crippen molar-refractivity contribution in [3.63, 3.8) is 0 Å². The topological polar surface area (TPSA) is 89.5 Å². The summed E-state index contributed by atoms with van der Waals surface area (Å²) in [6, 6.07) is 29.5. The summed E-state index contributed by atoms with van der Waals surface area (Å²) in [4.78, 5) is 32.0. The van der Waals surface area contributed by atoms with Crippen LogP contribution in [0.4, 0.5) is 10.8 Å². The Bertz CT molecular complexity index is 1650. The Hall–Kier alpha value is -4.31. The summed E-state index contributed by atoms with van der Waals surface area (Å²) < 4.78 is 10.7. The van der Waals surface area contributed by atoms with Gasteiger partial charge in [-0.1, -0.05) is 60.1 Å². The van der Waals surface area contributed by atoms with Crippen LogP contribution in [0.25, 0.3) is 11.3 Å². The molecule has 4 aromatic carbocycles. The molecular weight excluding hydrogens is 590 g/mol. The molecule has 0 spiro atoms. The number of halogens is 1. The highest BCUT2D eigenvalue weighted by Crippen LogP contribution is 2.37. The molecule has 10 heteroatoms. The van der Waals surface area contributed by atoms with E-state index in [2.05, 4.69) is 15.6 Å². The van der Waals surface area contributed by atoms with Crippen LogP contribution in [0.15, 0.2) is 107 Å². The molecule has 1 unspecified atom stereocenters. The fourth-order valence-corrected chi connectivity index (χ4v) is 6.05. The lowest BCUT2D eigenvalue weighted by Crippen LogP contribution is -2.19. The van der Waals surface area contributed by atoms with E-state index in [4.69, 9.17) is 21.1 Å². The van der Waals surface area contributed by atoms with Crippen LogP contribution in [0.5, 0.6) is 11.5 Å². The smallest absolute Gasteiger partial charge is 0.263 e. The fraction of sp³-hybridized carbons (Fsp3) is 0.0938. The molecule has 2 amide bonds. The zero-order valence-electron chi connectivity index (χ0n) is 22.7. The summed E-state index contributed by atoms with van der Waals surface area (Å²) in [5.41, 5.74) is 3.44. The molecule has 2 N–H and O–H groups in total. The van der Waals surface area contributed by atoms with Gasteiger partial charge in [-0.2, -0.15) is 0 Å². The number of thioether (sulfide) groups is 1. The number of hydrogen-bond donors (Lipinski definition) is 2. The van der Waals surface area contributed by atoms with E-state index in [9.17, 15) is 9.59 Å². The van der Waals surface area contributed by atoms with Crippen LogP contribution in [0.1, 0.15) is 21.2 Å². The molecule has 5 aromatic rings. The molecule has 0 aliphatic rings. The number of nitrogens with zero attached hydrogens (tertiary/aromatic N) is 1. The number of ether oxygens (including phenoxy) is 2. The van der Waals surface area contributed by atoms with E-state index in [-0.39, 0.29) is 11.8 Å². The largest absolute Gasteiger partial charge is 0.496 e. The van der Waals surface area contributed by atoms with Gasteiger partial charge in [-0.25, -0.2) is 4.98 Å². The van der Waals surface area contributed by atoms with E-state index in [1.807, 2.05) is 72.1 Å². The third-order valence-electron chi connectivity index (χ3n) is 6.24. The monoisotopic (exact) mass is 615 g/mol. The molecule has 7 nitrogen and oxygen atoms in total. The maximum Gasteiger partial charge on any atom is 0.263 e. The second kappa shape index (κ2) is 13.6. The van der Waals surface area contributed by atoms with Crippen LogP contribution < -0.4 is 20.1 Å². The second-order valence-corrected chi connectivity index (χ2v) is 11.4. The Morgan fingerprint density at radius 2 is 1.50 bits per heavy atom. The van der Waals surface area contributed by atoms with Crippen LogP contribution >= 0.6 is 34.7 Å². The SMILES string of the molecule is COc1cccc(OC)c1C(=O)Nc1ccc(SC(C(=O)Nc2nc(-c3ccc(Cl)cc3)cs2)c2ccccc2)cc1. The molecule has 0 radical (unpaired) electrons. The number of anilines is 2. The van der Waals surface area contributed by atoms with Crippen molar-refractivity contribution in [1.29, 1.82) is 0 Å². The third-order valence-corrected chi connectivity index (χ3v) is 8.51. The highest BCUT2D eigenvalue weighted by atomic mass is 35.5. The Balaban J connectivity index is 1.31. The zero-order valence-corrected chi connectivity index (χ0v) is 25.1.